The number of hydrogen-bond acceptors (Lipinski definition) is 3. The Morgan fingerprint density at radius 3 is 2.79 bits per heavy atom. The molecule has 0 bridgehead atoms. The zero-order chi connectivity index (χ0) is 10.6. The van der Waals surface area contributed by atoms with Crippen molar-refractivity contribution in [1.29, 1.82) is 0 Å². The Hall–Kier alpha value is -1.35. The van der Waals surface area contributed by atoms with Crippen molar-refractivity contribution in [2.24, 2.45) is 0 Å². The monoisotopic (exact) mass is 194 g/mol. The molecule has 1 aromatic carbocycles. The number of aliphatic hydroxyl groups is 1. The maximum atomic E-state index is 10.7. The highest BCUT2D eigenvalue weighted by Crippen LogP contribution is 2.17. The standard InChI is InChI=1S/C11H14O3/c1-8(13)5-9-3-4-11(14-2)6-10(9)7-12/h3-4,6-8,13H,5H2,1-2H3. The topological polar surface area (TPSA) is 46.5 Å². The molecule has 0 saturated heterocycles. The molecule has 1 aromatic rings. The van der Waals surface area contributed by atoms with Gasteiger partial charge in [-0.25, -0.2) is 0 Å². The maximum absolute atomic E-state index is 10.7. The fraction of sp³-hybridized carbons (Fsp3) is 0.364. The molecule has 0 aromatic heterocycles. The largest absolute Gasteiger partial charge is 0.497 e. The lowest BCUT2D eigenvalue weighted by atomic mass is 10.0. The first-order valence-corrected chi connectivity index (χ1v) is 4.47. The fourth-order valence-corrected chi connectivity index (χ4v) is 1.31. The molecule has 0 saturated carbocycles. The van der Waals surface area contributed by atoms with Gasteiger partial charge in [-0.3, -0.25) is 4.79 Å². The molecule has 0 amide bonds. The fourth-order valence-electron chi connectivity index (χ4n) is 1.31. The second-order valence-electron chi connectivity index (χ2n) is 3.24. The number of methoxy groups -OCH3 is 1. The molecule has 0 heterocycles. The van der Waals surface area contributed by atoms with Crippen molar-refractivity contribution in [3.8, 4) is 5.75 Å². The van der Waals surface area contributed by atoms with Crippen LogP contribution in [0.15, 0.2) is 18.2 Å². The van der Waals surface area contributed by atoms with Gasteiger partial charge in [0, 0.05) is 5.56 Å². The van der Waals surface area contributed by atoms with Gasteiger partial charge in [0.15, 0.2) is 0 Å². The van der Waals surface area contributed by atoms with Crippen LogP contribution < -0.4 is 4.74 Å². The van der Waals surface area contributed by atoms with Crippen LogP contribution in [-0.4, -0.2) is 24.6 Å². The summed E-state index contributed by atoms with van der Waals surface area (Å²) in [5, 5.41) is 9.21. The minimum absolute atomic E-state index is 0.443. The second-order valence-corrected chi connectivity index (χ2v) is 3.24. The summed E-state index contributed by atoms with van der Waals surface area (Å²) in [6.45, 7) is 1.69. The van der Waals surface area contributed by atoms with Gasteiger partial charge >= 0.3 is 0 Å². The lowest BCUT2D eigenvalue weighted by Crippen LogP contribution is -2.06. The number of benzene rings is 1. The molecular formula is C11H14O3. The molecule has 0 fully saturated rings. The van der Waals surface area contributed by atoms with E-state index in [0.717, 1.165) is 11.8 Å². The van der Waals surface area contributed by atoms with Crippen molar-refractivity contribution in [1.82, 2.24) is 0 Å². The average molecular weight is 194 g/mol. The van der Waals surface area contributed by atoms with E-state index in [2.05, 4.69) is 0 Å². The molecule has 1 rings (SSSR count). The Balaban J connectivity index is 2.99. The average Bonchev–Trinajstić information content (AvgIpc) is 2.17. The molecule has 3 nitrogen and oxygen atoms in total. The van der Waals surface area contributed by atoms with Crippen LogP contribution in [0.2, 0.25) is 0 Å². The molecule has 0 aliphatic carbocycles. The summed E-state index contributed by atoms with van der Waals surface area (Å²) in [4.78, 5) is 10.7. The zero-order valence-electron chi connectivity index (χ0n) is 8.36. The van der Waals surface area contributed by atoms with E-state index in [1.807, 2.05) is 0 Å². The van der Waals surface area contributed by atoms with Gasteiger partial charge in [0.2, 0.25) is 0 Å². The van der Waals surface area contributed by atoms with E-state index in [1.54, 1.807) is 32.2 Å². The van der Waals surface area contributed by atoms with Crippen LogP contribution in [0.25, 0.3) is 0 Å². The lowest BCUT2D eigenvalue weighted by molar-refractivity contribution is 0.112. The molecule has 0 aliphatic heterocycles. The highest BCUT2D eigenvalue weighted by Gasteiger charge is 2.06. The number of aliphatic hydroxyl groups excluding tert-OH is 1. The first kappa shape index (κ1) is 10.7. The van der Waals surface area contributed by atoms with Crippen molar-refractivity contribution < 1.29 is 14.6 Å². The molecule has 3 heteroatoms. The second kappa shape index (κ2) is 4.77. The smallest absolute Gasteiger partial charge is 0.150 e. The Kier molecular flexibility index (Phi) is 3.65. The number of hydrogen-bond donors (Lipinski definition) is 1. The van der Waals surface area contributed by atoms with E-state index in [4.69, 9.17) is 4.74 Å². The van der Waals surface area contributed by atoms with Crippen molar-refractivity contribution >= 4 is 6.29 Å². The lowest BCUT2D eigenvalue weighted by Gasteiger charge is -2.08. The predicted molar refractivity (Wildman–Crippen MR) is 53.8 cm³/mol. The van der Waals surface area contributed by atoms with E-state index in [-0.39, 0.29) is 0 Å². The number of ether oxygens (including phenoxy) is 1. The summed E-state index contributed by atoms with van der Waals surface area (Å²) in [5.41, 5.74) is 1.42. The summed E-state index contributed by atoms with van der Waals surface area (Å²) < 4.78 is 5.00. The summed E-state index contributed by atoms with van der Waals surface area (Å²) in [7, 11) is 1.55. The van der Waals surface area contributed by atoms with E-state index in [1.165, 1.54) is 0 Å². The molecule has 0 aliphatic rings. The van der Waals surface area contributed by atoms with E-state index in [0.29, 0.717) is 17.7 Å². The van der Waals surface area contributed by atoms with Gasteiger partial charge in [-0.2, -0.15) is 0 Å². The molecule has 76 valence electrons. The van der Waals surface area contributed by atoms with Crippen LogP contribution in [0.1, 0.15) is 22.8 Å². The van der Waals surface area contributed by atoms with E-state index < -0.39 is 6.10 Å². The number of aldehydes is 1. The van der Waals surface area contributed by atoms with Gasteiger partial charge in [0.25, 0.3) is 0 Å². The Morgan fingerprint density at radius 1 is 1.57 bits per heavy atom. The summed E-state index contributed by atoms with van der Waals surface area (Å²) >= 11 is 0. The molecule has 0 spiro atoms. The SMILES string of the molecule is COc1ccc(CC(C)O)c(C=O)c1. The van der Waals surface area contributed by atoms with Crippen molar-refractivity contribution in [2.75, 3.05) is 7.11 Å². The van der Waals surface area contributed by atoms with E-state index >= 15 is 0 Å². The van der Waals surface area contributed by atoms with Crippen LogP contribution >= 0.6 is 0 Å². The van der Waals surface area contributed by atoms with Gasteiger partial charge in [0.05, 0.1) is 13.2 Å². The highest BCUT2D eigenvalue weighted by molar-refractivity contribution is 5.78. The molecular weight excluding hydrogens is 180 g/mol. The summed E-state index contributed by atoms with van der Waals surface area (Å²) in [5.74, 6) is 0.654. The third kappa shape index (κ3) is 2.57. The van der Waals surface area contributed by atoms with Crippen LogP contribution in [0.5, 0.6) is 5.75 Å². The van der Waals surface area contributed by atoms with Crippen LogP contribution in [0, 0.1) is 0 Å². The van der Waals surface area contributed by atoms with Crippen molar-refractivity contribution in [2.45, 2.75) is 19.4 Å². The predicted octanol–water partition coefficient (Wildman–Crippen LogP) is 1.43. The van der Waals surface area contributed by atoms with Gasteiger partial charge in [-0.15, -0.1) is 0 Å². The summed E-state index contributed by atoms with van der Waals surface area (Å²) in [6, 6.07) is 5.25. The van der Waals surface area contributed by atoms with Crippen molar-refractivity contribution in [3.05, 3.63) is 29.3 Å². The molecule has 14 heavy (non-hydrogen) atoms. The van der Waals surface area contributed by atoms with Crippen LogP contribution in [-0.2, 0) is 6.42 Å². The third-order valence-corrected chi connectivity index (χ3v) is 2.00. The number of carbonyl (C=O) groups is 1. The van der Waals surface area contributed by atoms with Gasteiger partial charge < -0.3 is 9.84 Å². The van der Waals surface area contributed by atoms with Crippen LogP contribution in [0.4, 0.5) is 0 Å². The highest BCUT2D eigenvalue weighted by atomic mass is 16.5. The first-order chi connectivity index (χ1) is 6.67. The third-order valence-electron chi connectivity index (χ3n) is 2.00. The Bertz CT molecular complexity index is 318. The molecule has 1 atom stereocenters. The summed E-state index contributed by atoms with van der Waals surface area (Å²) in [6.07, 6.45) is 0.820. The molecule has 1 unspecified atom stereocenters. The molecule has 1 N–H and O–H groups in total. The zero-order valence-corrected chi connectivity index (χ0v) is 8.36. The molecule has 0 radical (unpaired) electrons. The first-order valence-electron chi connectivity index (χ1n) is 4.47. The Labute approximate surface area is 83.3 Å². The Morgan fingerprint density at radius 2 is 2.29 bits per heavy atom. The van der Waals surface area contributed by atoms with Crippen molar-refractivity contribution in [3.63, 3.8) is 0 Å². The maximum Gasteiger partial charge on any atom is 0.150 e. The number of rotatable bonds is 4. The quantitative estimate of drug-likeness (QED) is 0.737. The van der Waals surface area contributed by atoms with E-state index in [9.17, 15) is 9.90 Å². The van der Waals surface area contributed by atoms with Gasteiger partial charge in [-0.1, -0.05) is 6.07 Å². The van der Waals surface area contributed by atoms with Crippen LogP contribution in [0.3, 0.4) is 0 Å². The van der Waals surface area contributed by atoms with Gasteiger partial charge in [-0.05, 0) is 31.0 Å². The normalized spacial score (nSPS) is 12.2. The number of carbonyl (C=O) groups excluding carboxylic acids is 1. The minimum atomic E-state index is -0.443. The minimum Gasteiger partial charge on any atom is -0.497 e. The van der Waals surface area contributed by atoms with Gasteiger partial charge in [0.1, 0.15) is 12.0 Å².